The number of rotatable bonds is 1. The molecule has 2 heterocycles. The number of nitrogens with two attached hydrogens (primary N) is 1. The van der Waals surface area contributed by atoms with E-state index in [4.69, 9.17) is 5.73 Å². The molecule has 1 aromatic heterocycles. The van der Waals surface area contributed by atoms with E-state index in [-0.39, 0.29) is 5.54 Å². The van der Waals surface area contributed by atoms with Crippen LogP contribution in [0.1, 0.15) is 35.8 Å². The van der Waals surface area contributed by atoms with Crippen molar-refractivity contribution in [3.05, 3.63) is 15.6 Å². The molecule has 0 aromatic carbocycles. The monoisotopic (exact) mass is 256 g/mol. The highest BCUT2D eigenvalue weighted by atomic mass is 32.2. The van der Waals surface area contributed by atoms with Crippen molar-refractivity contribution in [3.8, 4) is 0 Å². The summed E-state index contributed by atoms with van der Waals surface area (Å²) in [5, 5.41) is 1.13. The van der Waals surface area contributed by atoms with Gasteiger partial charge < -0.3 is 5.73 Å². The van der Waals surface area contributed by atoms with Crippen LogP contribution >= 0.6 is 23.1 Å². The number of hydrogen-bond acceptors (Lipinski definition) is 4. The first kappa shape index (κ1) is 12.4. The van der Waals surface area contributed by atoms with Gasteiger partial charge in [0.1, 0.15) is 5.01 Å². The van der Waals surface area contributed by atoms with E-state index < -0.39 is 0 Å². The molecule has 1 aliphatic rings. The number of thioether (sulfide) groups is 1. The number of nitrogens with zero attached hydrogens (tertiary/aromatic N) is 1. The molecule has 2 N–H and O–H groups in total. The largest absolute Gasteiger partial charge is 0.319 e. The number of aryl methyl sites for hydroxylation is 2. The van der Waals surface area contributed by atoms with Gasteiger partial charge in [-0.2, -0.15) is 11.8 Å². The van der Waals surface area contributed by atoms with Crippen LogP contribution in [0.3, 0.4) is 0 Å². The van der Waals surface area contributed by atoms with Crippen LogP contribution in [-0.4, -0.2) is 16.5 Å². The van der Waals surface area contributed by atoms with Crippen LogP contribution < -0.4 is 5.73 Å². The van der Waals surface area contributed by atoms with E-state index in [0.717, 1.165) is 22.9 Å². The Morgan fingerprint density at radius 3 is 2.44 bits per heavy atom. The van der Waals surface area contributed by atoms with E-state index in [0.29, 0.717) is 5.41 Å². The summed E-state index contributed by atoms with van der Waals surface area (Å²) in [5.74, 6) is 2.21. The molecule has 0 radical (unpaired) electrons. The first-order valence-electron chi connectivity index (χ1n) is 5.64. The first-order valence-corrected chi connectivity index (χ1v) is 7.61. The van der Waals surface area contributed by atoms with Crippen LogP contribution in [0.4, 0.5) is 0 Å². The van der Waals surface area contributed by atoms with Crippen LogP contribution in [0, 0.1) is 19.3 Å². The predicted molar refractivity (Wildman–Crippen MR) is 73.2 cm³/mol. The minimum atomic E-state index is -0.212. The van der Waals surface area contributed by atoms with Gasteiger partial charge in [-0.3, -0.25) is 0 Å². The Balaban J connectivity index is 2.31. The quantitative estimate of drug-likeness (QED) is 0.839. The molecule has 1 aromatic rings. The van der Waals surface area contributed by atoms with Crippen LogP contribution in [0.5, 0.6) is 0 Å². The molecule has 1 fully saturated rings. The third-order valence-corrected chi connectivity index (χ3v) is 6.10. The molecule has 0 bridgehead atoms. The van der Waals surface area contributed by atoms with E-state index in [1.165, 1.54) is 10.6 Å². The Morgan fingerprint density at radius 1 is 1.25 bits per heavy atom. The van der Waals surface area contributed by atoms with Crippen LogP contribution in [0.2, 0.25) is 0 Å². The summed E-state index contributed by atoms with van der Waals surface area (Å²) in [7, 11) is 0. The van der Waals surface area contributed by atoms with E-state index >= 15 is 0 Å². The minimum absolute atomic E-state index is 0.212. The highest BCUT2D eigenvalue weighted by Crippen LogP contribution is 2.44. The fourth-order valence-corrected chi connectivity index (χ4v) is 4.75. The average molecular weight is 256 g/mol. The van der Waals surface area contributed by atoms with Gasteiger partial charge in [0.2, 0.25) is 0 Å². The highest BCUT2D eigenvalue weighted by Gasteiger charge is 2.40. The number of hydrogen-bond donors (Lipinski definition) is 1. The summed E-state index contributed by atoms with van der Waals surface area (Å²) in [4.78, 5) is 5.95. The normalized spacial score (nSPS) is 29.3. The third kappa shape index (κ3) is 2.29. The predicted octanol–water partition coefficient (Wildman–Crippen LogP) is 3.08. The van der Waals surface area contributed by atoms with Gasteiger partial charge in [0, 0.05) is 10.6 Å². The second-order valence-corrected chi connectivity index (χ2v) is 7.84. The van der Waals surface area contributed by atoms with Crippen LogP contribution in [0.25, 0.3) is 0 Å². The lowest BCUT2D eigenvalue weighted by molar-refractivity contribution is 0.270. The summed E-state index contributed by atoms with van der Waals surface area (Å²) >= 11 is 3.73. The highest BCUT2D eigenvalue weighted by molar-refractivity contribution is 7.99. The molecule has 90 valence electrons. The standard InChI is InChI=1S/C12H20N2S2/c1-8-9(2)16-10(14-8)12(13)5-11(3,4)6-15-7-12/h5-7,13H2,1-4H3. The van der Waals surface area contributed by atoms with Gasteiger partial charge in [0.05, 0.1) is 11.2 Å². The van der Waals surface area contributed by atoms with Crippen molar-refractivity contribution in [3.63, 3.8) is 0 Å². The van der Waals surface area contributed by atoms with Gasteiger partial charge in [0.15, 0.2) is 0 Å². The zero-order valence-electron chi connectivity index (χ0n) is 10.5. The van der Waals surface area contributed by atoms with Gasteiger partial charge in [-0.05, 0) is 31.4 Å². The molecule has 1 aliphatic heterocycles. The molecular formula is C12H20N2S2. The lowest BCUT2D eigenvalue weighted by atomic mass is 9.81. The molecule has 1 atom stereocenters. The maximum atomic E-state index is 6.57. The fourth-order valence-electron chi connectivity index (χ4n) is 2.29. The van der Waals surface area contributed by atoms with Crippen molar-refractivity contribution in [1.82, 2.24) is 4.98 Å². The fraction of sp³-hybridized carbons (Fsp3) is 0.750. The summed E-state index contributed by atoms with van der Waals surface area (Å²) in [6.07, 6.45) is 1.04. The maximum Gasteiger partial charge on any atom is 0.114 e. The zero-order chi connectivity index (χ0) is 12.0. The average Bonchev–Trinajstić information content (AvgIpc) is 2.45. The van der Waals surface area contributed by atoms with Crippen molar-refractivity contribution in [2.45, 2.75) is 39.7 Å². The summed E-state index contributed by atoms with van der Waals surface area (Å²) in [6, 6.07) is 0. The van der Waals surface area contributed by atoms with Crippen molar-refractivity contribution < 1.29 is 0 Å². The summed E-state index contributed by atoms with van der Waals surface area (Å²) in [5.41, 5.74) is 7.81. The van der Waals surface area contributed by atoms with Gasteiger partial charge in [-0.1, -0.05) is 13.8 Å². The molecule has 4 heteroatoms. The van der Waals surface area contributed by atoms with Crippen molar-refractivity contribution in [2.24, 2.45) is 11.1 Å². The minimum Gasteiger partial charge on any atom is -0.319 e. The molecule has 2 nitrogen and oxygen atoms in total. The molecule has 0 aliphatic carbocycles. The third-order valence-electron chi connectivity index (χ3n) is 3.10. The van der Waals surface area contributed by atoms with E-state index in [1.807, 2.05) is 11.8 Å². The van der Waals surface area contributed by atoms with Crippen LogP contribution in [-0.2, 0) is 5.54 Å². The molecule has 1 unspecified atom stereocenters. The van der Waals surface area contributed by atoms with E-state index in [1.54, 1.807) is 11.3 Å². The van der Waals surface area contributed by atoms with E-state index in [2.05, 4.69) is 32.7 Å². The number of aromatic nitrogens is 1. The Hall–Kier alpha value is -0.0600. The smallest absolute Gasteiger partial charge is 0.114 e. The van der Waals surface area contributed by atoms with Gasteiger partial charge in [-0.15, -0.1) is 11.3 Å². The molecule has 0 amide bonds. The molecule has 1 saturated heterocycles. The second-order valence-electron chi connectivity index (χ2n) is 5.65. The topological polar surface area (TPSA) is 38.9 Å². The van der Waals surface area contributed by atoms with Crippen LogP contribution in [0.15, 0.2) is 0 Å². The lowest BCUT2D eigenvalue weighted by Gasteiger charge is -2.40. The van der Waals surface area contributed by atoms with E-state index in [9.17, 15) is 0 Å². The summed E-state index contributed by atoms with van der Waals surface area (Å²) in [6.45, 7) is 8.79. The number of thiazole rings is 1. The van der Waals surface area contributed by atoms with Crippen molar-refractivity contribution in [2.75, 3.05) is 11.5 Å². The Morgan fingerprint density at radius 2 is 1.94 bits per heavy atom. The second kappa shape index (κ2) is 4.00. The van der Waals surface area contributed by atoms with Gasteiger partial charge in [-0.25, -0.2) is 4.98 Å². The lowest BCUT2D eigenvalue weighted by Crippen LogP contribution is -2.47. The summed E-state index contributed by atoms with van der Waals surface area (Å²) < 4.78 is 0. The molecule has 0 saturated carbocycles. The molecular weight excluding hydrogens is 236 g/mol. The van der Waals surface area contributed by atoms with Gasteiger partial charge >= 0.3 is 0 Å². The Kier molecular flexibility index (Phi) is 3.10. The Bertz CT molecular complexity index is 378. The first-order chi connectivity index (χ1) is 7.32. The molecule has 2 rings (SSSR count). The zero-order valence-corrected chi connectivity index (χ0v) is 12.1. The Labute approximate surface area is 106 Å². The maximum absolute atomic E-state index is 6.57. The van der Waals surface area contributed by atoms with Crippen molar-refractivity contribution in [1.29, 1.82) is 0 Å². The van der Waals surface area contributed by atoms with Crippen molar-refractivity contribution >= 4 is 23.1 Å². The molecule has 16 heavy (non-hydrogen) atoms. The molecule has 0 spiro atoms. The SMILES string of the molecule is Cc1nc(C2(N)CSCC(C)(C)C2)sc1C. The van der Waals surface area contributed by atoms with Gasteiger partial charge in [0.25, 0.3) is 0 Å².